The molecule has 1 aromatic carbocycles. The standard InChI is InChI=1S/C19H25N3O2S2/c1-5-22(6-2)17(23)11-21(4)18(24)16-9-7-15(8-10-16)13-26-19-20-14(3)12-25-19/h7-10,12H,5-6,11,13H2,1-4H3. The highest BCUT2D eigenvalue weighted by atomic mass is 32.2. The molecule has 0 unspecified atom stereocenters. The molecule has 0 aliphatic carbocycles. The van der Waals surface area contributed by atoms with Crippen LogP contribution in [0.5, 0.6) is 0 Å². The molecule has 1 heterocycles. The van der Waals surface area contributed by atoms with Crippen LogP contribution in [-0.2, 0) is 10.5 Å². The molecule has 2 amide bonds. The maximum atomic E-state index is 12.5. The molecule has 2 aromatic rings. The molecule has 0 saturated carbocycles. The predicted octanol–water partition coefficient (Wildman–Crippen LogP) is 3.68. The van der Waals surface area contributed by atoms with E-state index in [9.17, 15) is 9.59 Å². The normalized spacial score (nSPS) is 10.6. The maximum absolute atomic E-state index is 12.5. The number of likely N-dealkylation sites (N-methyl/N-ethyl adjacent to an activating group) is 2. The number of benzene rings is 1. The van der Waals surface area contributed by atoms with E-state index in [2.05, 4.69) is 4.98 Å². The number of nitrogens with zero attached hydrogens (tertiary/aromatic N) is 3. The van der Waals surface area contributed by atoms with E-state index in [4.69, 9.17) is 0 Å². The molecular formula is C19H25N3O2S2. The summed E-state index contributed by atoms with van der Waals surface area (Å²) < 4.78 is 1.05. The first-order chi connectivity index (χ1) is 12.4. The second-order valence-electron chi connectivity index (χ2n) is 5.97. The molecule has 7 heteroatoms. The Labute approximate surface area is 163 Å². The molecule has 0 radical (unpaired) electrons. The number of aromatic nitrogens is 1. The summed E-state index contributed by atoms with van der Waals surface area (Å²) in [5, 5.41) is 2.04. The SMILES string of the molecule is CCN(CC)C(=O)CN(C)C(=O)c1ccc(CSc2nc(C)cs2)cc1. The molecule has 0 aliphatic heterocycles. The van der Waals surface area contributed by atoms with Gasteiger partial charge in [-0.2, -0.15) is 0 Å². The second kappa shape index (κ2) is 9.73. The van der Waals surface area contributed by atoms with Crippen molar-refractivity contribution in [1.82, 2.24) is 14.8 Å². The van der Waals surface area contributed by atoms with Crippen molar-refractivity contribution in [3.05, 3.63) is 46.5 Å². The molecule has 0 bridgehead atoms. The molecule has 0 aliphatic rings. The van der Waals surface area contributed by atoms with Gasteiger partial charge < -0.3 is 9.80 Å². The summed E-state index contributed by atoms with van der Waals surface area (Å²) in [7, 11) is 1.66. The topological polar surface area (TPSA) is 53.5 Å². The van der Waals surface area contributed by atoms with Gasteiger partial charge in [0.15, 0.2) is 0 Å². The molecule has 0 atom stereocenters. The summed E-state index contributed by atoms with van der Waals surface area (Å²) in [4.78, 5) is 32.3. The number of carbonyl (C=O) groups excluding carboxylic acids is 2. The summed E-state index contributed by atoms with van der Waals surface area (Å²) in [6.45, 7) is 7.27. The Balaban J connectivity index is 1.91. The fourth-order valence-corrected chi connectivity index (χ4v) is 4.26. The van der Waals surface area contributed by atoms with Gasteiger partial charge >= 0.3 is 0 Å². The Morgan fingerprint density at radius 2 is 1.81 bits per heavy atom. The predicted molar refractivity (Wildman–Crippen MR) is 108 cm³/mol. The molecule has 0 spiro atoms. The lowest BCUT2D eigenvalue weighted by Gasteiger charge is -2.23. The Morgan fingerprint density at radius 3 is 2.35 bits per heavy atom. The average molecular weight is 392 g/mol. The maximum Gasteiger partial charge on any atom is 0.254 e. The van der Waals surface area contributed by atoms with E-state index in [0.29, 0.717) is 18.7 Å². The minimum absolute atomic E-state index is 0.0300. The number of aryl methyl sites for hydroxylation is 1. The summed E-state index contributed by atoms with van der Waals surface area (Å²) in [6.07, 6.45) is 0. The lowest BCUT2D eigenvalue weighted by atomic mass is 10.1. The van der Waals surface area contributed by atoms with E-state index < -0.39 is 0 Å². The van der Waals surface area contributed by atoms with E-state index in [1.807, 2.05) is 50.4 Å². The van der Waals surface area contributed by atoms with Crippen LogP contribution in [0.15, 0.2) is 34.0 Å². The van der Waals surface area contributed by atoms with Gasteiger partial charge in [0, 0.05) is 42.5 Å². The fourth-order valence-electron chi connectivity index (χ4n) is 2.46. The number of hydrogen-bond donors (Lipinski definition) is 0. The van der Waals surface area contributed by atoms with Gasteiger partial charge in [-0.25, -0.2) is 4.98 Å². The van der Waals surface area contributed by atoms with Crippen molar-refractivity contribution in [2.75, 3.05) is 26.7 Å². The van der Waals surface area contributed by atoms with Crippen molar-refractivity contribution in [3.63, 3.8) is 0 Å². The number of carbonyl (C=O) groups is 2. The molecule has 5 nitrogen and oxygen atoms in total. The first-order valence-corrected chi connectivity index (χ1v) is 10.5. The summed E-state index contributed by atoms with van der Waals surface area (Å²) >= 11 is 3.34. The molecule has 140 valence electrons. The van der Waals surface area contributed by atoms with Gasteiger partial charge in [0.1, 0.15) is 4.34 Å². The van der Waals surface area contributed by atoms with Gasteiger partial charge in [-0.1, -0.05) is 23.9 Å². The first kappa shape index (κ1) is 20.5. The summed E-state index contributed by atoms with van der Waals surface area (Å²) in [5.41, 5.74) is 2.78. The fraction of sp³-hybridized carbons (Fsp3) is 0.421. The summed E-state index contributed by atoms with van der Waals surface area (Å²) in [5.74, 6) is 0.649. The van der Waals surface area contributed by atoms with E-state index in [1.54, 1.807) is 35.0 Å². The van der Waals surface area contributed by atoms with Gasteiger partial charge in [0.05, 0.1) is 6.54 Å². The Hall–Kier alpha value is -1.86. The van der Waals surface area contributed by atoms with Gasteiger partial charge in [0.2, 0.25) is 5.91 Å². The van der Waals surface area contributed by atoms with Crippen LogP contribution in [0.25, 0.3) is 0 Å². The minimum atomic E-state index is -0.139. The smallest absolute Gasteiger partial charge is 0.254 e. The van der Waals surface area contributed by atoms with Gasteiger partial charge in [0.25, 0.3) is 5.91 Å². The van der Waals surface area contributed by atoms with Crippen LogP contribution in [0.3, 0.4) is 0 Å². The van der Waals surface area contributed by atoms with E-state index >= 15 is 0 Å². The van der Waals surface area contributed by atoms with Crippen molar-refractivity contribution >= 4 is 34.9 Å². The van der Waals surface area contributed by atoms with Crippen LogP contribution in [-0.4, -0.2) is 53.3 Å². The first-order valence-electron chi connectivity index (χ1n) is 8.61. The number of thioether (sulfide) groups is 1. The van der Waals surface area contributed by atoms with Gasteiger partial charge in [-0.3, -0.25) is 9.59 Å². The van der Waals surface area contributed by atoms with Crippen LogP contribution in [0.2, 0.25) is 0 Å². The highest BCUT2D eigenvalue weighted by Gasteiger charge is 2.17. The number of hydrogen-bond acceptors (Lipinski definition) is 5. The molecule has 2 rings (SSSR count). The molecule has 0 saturated heterocycles. The van der Waals surface area contributed by atoms with E-state index in [1.165, 1.54) is 4.90 Å². The minimum Gasteiger partial charge on any atom is -0.342 e. The highest BCUT2D eigenvalue weighted by Crippen LogP contribution is 2.26. The second-order valence-corrected chi connectivity index (χ2v) is 8.05. The number of amides is 2. The van der Waals surface area contributed by atoms with Crippen molar-refractivity contribution in [3.8, 4) is 0 Å². The van der Waals surface area contributed by atoms with E-state index in [0.717, 1.165) is 21.3 Å². The highest BCUT2D eigenvalue weighted by molar-refractivity contribution is 8.00. The van der Waals surface area contributed by atoms with Crippen LogP contribution in [0, 0.1) is 6.92 Å². The third kappa shape index (κ3) is 5.57. The average Bonchev–Trinajstić information content (AvgIpc) is 3.06. The van der Waals surface area contributed by atoms with Crippen molar-refractivity contribution < 1.29 is 9.59 Å². The third-order valence-electron chi connectivity index (χ3n) is 4.00. The zero-order chi connectivity index (χ0) is 19.1. The number of rotatable bonds is 8. The van der Waals surface area contributed by atoms with E-state index in [-0.39, 0.29) is 18.4 Å². The molecule has 26 heavy (non-hydrogen) atoms. The molecule has 1 aromatic heterocycles. The van der Waals surface area contributed by atoms with Crippen LogP contribution < -0.4 is 0 Å². The van der Waals surface area contributed by atoms with Crippen LogP contribution in [0.4, 0.5) is 0 Å². The monoisotopic (exact) mass is 391 g/mol. The number of thiazole rings is 1. The van der Waals surface area contributed by atoms with Crippen LogP contribution >= 0.6 is 23.1 Å². The Kier molecular flexibility index (Phi) is 7.66. The lowest BCUT2D eigenvalue weighted by molar-refractivity contribution is -0.131. The van der Waals surface area contributed by atoms with Crippen LogP contribution in [0.1, 0.15) is 35.5 Å². The third-order valence-corrected chi connectivity index (χ3v) is 6.21. The Bertz CT molecular complexity index is 739. The van der Waals surface area contributed by atoms with Crippen molar-refractivity contribution in [2.24, 2.45) is 0 Å². The molecular weight excluding hydrogens is 366 g/mol. The zero-order valence-electron chi connectivity index (χ0n) is 15.7. The zero-order valence-corrected chi connectivity index (χ0v) is 17.3. The molecule has 0 N–H and O–H groups in total. The summed E-state index contributed by atoms with van der Waals surface area (Å²) in [6, 6.07) is 7.56. The Morgan fingerprint density at radius 1 is 1.15 bits per heavy atom. The lowest BCUT2D eigenvalue weighted by Crippen LogP contribution is -2.41. The van der Waals surface area contributed by atoms with Gasteiger partial charge in [-0.05, 0) is 38.5 Å². The largest absolute Gasteiger partial charge is 0.342 e. The van der Waals surface area contributed by atoms with Gasteiger partial charge in [-0.15, -0.1) is 11.3 Å². The van der Waals surface area contributed by atoms with Crippen molar-refractivity contribution in [2.45, 2.75) is 30.9 Å². The van der Waals surface area contributed by atoms with Crippen molar-refractivity contribution in [1.29, 1.82) is 0 Å². The molecule has 0 fully saturated rings. The quantitative estimate of drug-likeness (QED) is 0.644.